The van der Waals surface area contributed by atoms with Gasteiger partial charge >= 0.3 is 6.03 Å². The summed E-state index contributed by atoms with van der Waals surface area (Å²) in [7, 11) is 0. The Labute approximate surface area is 189 Å². The molecule has 0 bridgehead atoms. The predicted molar refractivity (Wildman–Crippen MR) is 109 cm³/mol. The zero-order valence-corrected chi connectivity index (χ0v) is 18.4. The number of aromatic hydroxyl groups is 2. The minimum Gasteiger partial charge on any atom is -0.504 e. The molecule has 2 heterocycles. The van der Waals surface area contributed by atoms with Crippen LogP contribution in [0.4, 0.5) is 9.18 Å². The van der Waals surface area contributed by atoms with Crippen LogP contribution in [0.3, 0.4) is 0 Å². The van der Waals surface area contributed by atoms with Gasteiger partial charge in [-0.2, -0.15) is 0 Å². The fraction of sp³-hybridized carbons (Fsp3) is 0.421. The highest BCUT2D eigenvalue weighted by Crippen LogP contribution is 2.42. The normalized spacial score (nSPS) is 30.7. The lowest BCUT2D eigenvalue weighted by atomic mass is 9.85. The number of urea groups is 1. The van der Waals surface area contributed by atoms with E-state index < -0.39 is 65.0 Å². The Morgan fingerprint density at radius 3 is 2.47 bits per heavy atom. The SMILES string of the molecule is CC(=O)C(O)(C(C)=O)[C@H]1O[C@@H](N2C=C(Br)C(N)(c3cccc(O)c3O)NC2=O)[C@H](F)[C@@H]1O. The maximum Gasteiger partial charge on any atom is 0.325 e. The van der Waals surface area contributed by atoms with Crippen LogP contribution in [0.25, 0.3) is 0 Å². The Kier molecular flexibility index (Phi) is 6.08. The molecular formula is C19H21BrFN3O8. The molecule has 0 aliphatic carbocycles. The van der Waals surface area contributed by atoms with Crippen molar-refractivity contribution in [1.29, 1.82) is 0 Å². The highest BCUT2D eigenvalue weighted by molar-refractivity contribution is 9.11. The number of Topliss-reactive ketones (excluding diaryl/α,β-unsaturated/α-hetero) is 2. The van der Waals surface area contributed by atoms with E-state index in [1.54, 1.807) is 0 Å². The molecule has 5 atom stereocenters. The predicted octanol–water partition coefficient (Wildman–Crippen LogP) is -0.196. The lowest BCUT2D eigenvalue weighted by Gasteiger charge is -2.40. The fourth-order valence-electron chi connectivity index (χ4n) is 3.66. The molecule has 1 aromatic carbocycles. The van der Waals surface area contributed by atoms with Crippen LogP contribution < -0.4 is 11.1 Å². The summed E-state index contributed by atoms with van der Waals surface area (Å²) in [5.41, 5.74) is 1.45. The van der Waals surface area contributed by atoms with Gasteiger partial charge in [-0.3, -0.25) is 14.5 Å². The van der Waals surface area contributed by atoms with Crippen LogP contribution in [0, 0.1) is 0 Å². The van der Waals surface area contributed by atoms with E-state index in [1.165, 1.54) is 18.2 Å². The number of nitrogens with two attached hydrogens (primary N) is 1. The van der Waals surface area contributed by atoms with Crippen molar-refractivity contribution in [2.24, 2.45) is 5.73 Å². The Balaban J connectivity index is 1.98. The van der Waals surface area contributed by atoms with E-state index in [1.807, 2.05) is 0 Å². The molecule has 3 rings (SSSR count). The summed E-state index contributed by atoms with van der Waals surface area (Å²) in [5, 5.41) is 43.0. The Morgan fingerprint density at radius 1 is 1.31 bits per heavy atom. The number of phenolic OH excluding ortho intramolecular Hbond substituents is 2. The third-order valence-corrected chi connectivity index (χ3v) is 6.39. The molecule has 2 amide bonds. The van der Waals surface area contributed by atoms with Crippen LogP contribution in [-0.2, 0) is 20.0 Å². The van der Waals surface area contributed by atoms with E-state index in [0.717, 1.165) is 20.0 Å². The van der Waals surface area contributed by atoms with Gasteiger partial charge < -0.3 is 36.2 Å². The summed E-state index contributed by atoms with van der Waals surface area (Å²) in [5.74, 6) is -3.23. The number of hydrogen-bond acceptors (Lipinski definition) is 9. The van der Waals surface area contributed by atoms with Crippen molar-refractivity contribution < 1.29 is 43.9 Å². The van der Waals surface area contributed by atoms with Gasteiger partial charge in [0, 0.05) is 11.8 Å². The molecule has 13 heteroatoms. The molecule has 2 aliphatic heterocycles. The number of hydrogen-bond donors (Lipinski definition) is 6. The van der Waals surface area contributed by atoms with Gasteiger partial charge in [0.1, 0.15) is 12.2 Å². The average Bonchev–Trinajstić information content (AvgIpc) is 3.01. The van der Waals surface area contributed by atoms with Crippen LogP contribution >= 0.6 is 15.9 Å². The van der Waals surface area contributed by atoms with Crippen LogP contribution in [0.15, 0.2) is 28.9 Å². The Morgan fingerprint density at radius 2 is 1.91 bits per heavy atom. The Bertz CT molecular complexity index is 1010. The standard InChI is InChI=1S/C19H21BrFN3O8/c1-7(25)18(31,8(2)26)15-14(29)12(21)16(32-15)24-6-11(20)19(22,23-17(24)30)9-4-3-5-10(27)13(9)28/h3-6,12,14-16,27-29,31H,22H2,1-2H3,(H,23,30)/t12-,14+,15+,16-,19?/m1/s1. The average molecular weight is 518 g/mol. The Hall–Kier alpha value is -2.58. The molecule has 2 aliphatic rings. The van der Waals surface area contributed by atoms with Gasteiger partial charge in [0.25, 0.3) is 0 Å². The smallest absolute Gasteiger partial charge is 0.325 e. The second-order valence-corrected chi connectivity index (χ2v) is 8.41. The zero-order chi connectivity index (χ0) is 24.2. The number of aliphatic hydroxyl groups is 2. The lowest BCUT2D eigenvalue weighted by Crippen LogP contribution is -2.62. The summed E-state index contributed by atoms with van der Waals surface area (Å²) < 4.78 is 20.2. The number of amides is 2. The molecule has 0 spiro atoms. The number of ether oxygens (including phenoxy) is 1. The van der Waals surface area contributed by atoms with Crippen molar-refractivity contribution in [2.45, 2.75) is 49.7 Å². The summed E-state index contributed by atoms with van der Waals surface area (Å²) in [6, 6.07) is 2.88. The van der Waals surface area contributed by atoms with E-state index >= 15 is 0 Å². The number of nitrogens with zero attached hydrogens (tertiary/aromatic N) is 1. The van der Waals surface area contributed by atoms with Crippen LogP contribution in [0.1, 0.15) is 19.4 Å². The van der Waals surface area contributed by atoms with Gasteiger partial charge in [-0.15, -0.1) is 0 Å². The zero-order valence-electron chi connectivity index (χ0n) is 16.8. The van der Waals surface area contributed by atoms with Crippen molar-refractivity contribution in [2.75, 3.05) is 0 Å². The van der Waals surface area contributed by atoms with Crippen molar-refractivity contribution in [3.05, 3.63) is 34.4 Å². The molecule has 1 unspecified atom stereocenters. The van der Waals surface area contributed by atoms with E-state index in [9.17, 15) is 39.2 Å². The number of aliphatic hydroxyl groups excluding tert-OH is 1. The lowest BCUT2D eigenvalue weighted by molar-refractivity contribution is -0.174. The van der Waals surface area contributed by atoms with E-state index in [0.29, 0.717) is 4.90 Å². The first-order chi connectivity index (χ1) is 14.8. The third kappa shape index (κ3) is 3.46. The maximum absolute atomic E-state index is 14.9. The summed E-state index contributed by atoms with van der Waals surface area (Å²) in [6.07, 6.45) is -7.22. The van der Waals surface area contributed by atoms with E-state index in [4.69, 9.17) is 10.5 Å². The molecule has 7 N–H and O–H groups in total. The van der Waals surface area contributed by atoms with Crippen LogP contribution in [0.2, 0.25) is 0 Å². The molecular weight excluding hydrogens is 497 g/mol. The second-order valence-electron chi connectivity index (χ2n) is 7.56. The minimum absolute atomic E-state index is 0.00682. The highest BCUT2D eigenvalue weighted by Gasteiger charge is 2.60. The number of carbonyl (C=O) groups excluding carboxylic acids is 3. The quantitative estimate of drug-likeness (QED) is 0.227. The topological polar surface area (TPSA) is 183 Å². The van der Waals surface area contributed by atoms with E-state index in [2.05, 4.69) is 21.2 Å². The number of carbonyl (C=O) groups is 3. The highest BCUT2D eigenvalue weighted by atomic mass is 79.9. The van der Waals surface area contributed by atoms with E-state index in [-0.39, 0.29) is 10.0 Å². The van der Waals surface area contributed by atoms with Crippen LogP contribution in [-0.4, -0.2) is 73.1 Å². The monoisotopic (exact) mass is 517 g/mol. The summed E-state index contributed by atoms with van der Waals surface area (Å²) in [6.45, 7) is 1.76. The number of benzene rings is 1. The third-order valence-electron chi connectivity index (χ3n) is 5.56. The molecule has 0 radical (unpaired) electrons. The molecule has 32 heavy (non-hydrogen) atoms. The molecule has 174 valence electrons. The van der Waals surface area contributed by atoms with Gasteiger partial charge in [-0.25, -0.2) is 9.18 Å². The van der Waals surface area contributed by atoms with Crippen molar-refractivity contribution in [1.82, 2.24) is 10.2 Å². The van der Waals surface area contributed by atoms with Crippen molar-refractivity contribution >= 4 is 33.5 Å². The number of alkyl halides is 1. The first kappa shape index (κ1) is 24.1. The van der Waals surface area contributed by atoms with Crippen molar-refractivity contribution in [3.8, 4) is 11.5 Å². The summed E-state index contributed by atoms with van der Waals surface area (Å²) in [4.78, 5) is 37.2. The second kappa shape index (κ2) is 8.08. The number of halogens is 2. The largest absolute Gasteiger partial charge is 0.504 e. The molecule has 11 nitrogen and oxygen atoms in total. The molecule has 0 saturated carbocycles. The number of para-hydroxylation sites is 1. The number of phenols is 2. The summed E-state index contributed by atoms with van der Waals surface area (Å²) >= 11 is 3.15. The number of ketones is 2. The van der Waals surface area contributed by atoms with Gasteiger partial charge in [0.05, 0.1) is 4.48 Å². The van der Waals surface area contributed by atoms with Crippen molar-refractivity contribution in [3.63, 3.8) is 0 Å². The molecule has 1 saturated heterocycles. The molecule has 1 aromatic rings. The molecule has 0 aromatic heterocycles. The van der Waals surface area contributed by atoms with Gasteiger partial charge in [0.15, 0.2) is 41.1 Å². The number of rotatable bonds is 5. The van der Waals surface area contributed by atoms with Gasteiger partial charge in [-0.1, -0.05) is 12.1 Å². The van der Waals surface area contributed by atoms with Gasteiger partial charge in [0.2, 0.25) is 5.60 Å². The first-order valence-corrected chi connectivity index (χ1v) is 10.1. The first-order valence-electron chi connectivity index (χ1n) is 9.27. The fourth-order valence-corrected chi connectivity index (χ4v) is 4.20. The maximum atomic E-state index is 14.9. The number of nitrogens with one attached hydrogen (secondary N) is 1. The molecule has 1 fully saturated rings. The van der Waals surface area contributed by atoms with Crippen LogP contribution in [0.5, 0.6) is 11.5 Å². The van der Waals surface area contributed by atoms with Gasteiger partial charge in [-0.05, 0) is 35.8 Å². The minimum atomic E-state index is -2.82.